The molecule has 3 nitrogen and oxygen atoms in total. The van der Waals surface area contributed by atoms with Crippen LogP contribution in [0.4, 0.5) is 5.69 Å². The van der Waals surface area contributed by atoms with E-state index in [0.29, 0.717) is 6.54 Å². The predicted octanol–water partition coefficient (Wildman–Crippen LogP) is 3.22. The molecule has 1 aromatic heterocycles. The van der Waals surface area contributed by atoms with Gasteiger partial charge in [0.15, 0.2) is 0 Å². The lowest BCUT2D eigenvalue weighted by atomic mass is 10.0. The molecule has 1 atom stereocenters. The van der Waals surface area contributed by atoms with Crippen LogP contribution in [0.5, 0.6) is 0 Å². The fraction of sp³-hybridized carbons (Fsp3) is 0.353. The molecule has 1 heterocycles. The third-order valence-electron chi connectivity index (χ3n) is 3.68. The van der Waals surface area contributed by atoms with E-state index in [-0.39, 0.29) is 6.04 Å². The van der Waals surface area contributed by atoms with Gasteiger partial charge in [-0.2, -0.15) is 0 Å². The molecule has 0 spiro atoms. The Morgan fingerprint density at radius 2 is 1.90 bits per heavy atom. The summed E-state index contributed by atoms with van der Waals surface area (Å²) in [6.07, 6.45) is 1.94. The zero-order valence-electron chi connectivity index (χ0n) is 12.5. The van der Waals surface area contributed by atoms with Gasteiger partial charge in [-0.25, -0.2) is 0 Å². The highest BCUT2D eigenvalue weighted by Crippen LogP contribution is 2.28. The average molecular weight is 269 g/mol. The quantitative estimate of drug-likeness (QED) is 0.906. The van der Waals surface area contributed by atoms with E-state index in [1.807, 2.05) is 19.2 Å². The highest BCUT2D eigenvalue weighted by molar-refractivity contribution is 5.54. The van der Waals surface area contributed by atoms with Crippen LogP contribution in [0.1, 0.15) is 29.8 Å². The first-order chi connectivity index (χ1) is 9.67. The minimum Gasteiger partial charge on any atom is -0.363 e. The Kier molecular flexibility index (Phi) is 4.74. The maximum absolute atomic E-state index is 6.04. The first-order valence-corrected chi connectivity index (χ1v) is 7.12. The minimum atomic E-state index is 0.161. The second-order valence-corrected chi connectivity index (χ2v) is 5.06. The van der Waals surface area contributed by atoms with Gasteiger partial charge in [-0.3, -0.25) is 4.98 Å². The molecule has 2 N–H and O–H groups in total. The number of likely N-dealkylation sites (N-methyl/N-ethyl adjacent to an activating group) is 1. The predicted molar refractivity (Wildman–Crippen MR) is 85.0 cm³/mol. The van der Waals surface area contributed by atoms with E-state index in [9.17, 15) is 0 Å². The van der Waals surface area contributed by atoms with Crippen molar-refractivity contribution < 1.29 is 0 Å². The number of benzene rings is 1. The summed E-state index contributed by atoms with van der Waals surface area (Å²) in [7, 11) is 0. The Labute approximate surface area is 121 Å². The van der Waals surface area contributed by atoms with Gasteiger partial charge in [-0.05, 0) is 44.0 Å². The number of rotatable bonds is 5. The molecule has 0 saturated carbocycles. The number of pyridine rings is 1. The van der Waals surface area contributed by atoms with Crippen molar-refractivity contribution in [1.29, 1.82) is 0 Å². The van der Waals surface area contributed by atoms with Crippen molar-refractivity contribution in [2.24, 2.45) is 5.73 Å². The van der Waals surface area contributed by atoms with Crippen LogP contribution in [0.2, 0.25) is 0 Å². The maximum Gasteiger partial charge on any atom is 0.0679 e. The number of nitrogens with two attached hydrogens (primary N) is 1. The van der Waals surface area contributed by atoms with E-state index in [1.165, 1.54) is 16.8 Å². The first-order valence-electron chi connectivity index (χ1n) is 7.12. The highest BCUT2D eigenvalue weighted by atomic mass is 15.2. The number of aryl methyl sites for hydroxylation is 2. The molecule has 0 aliphatic heterocycles. The van der Waals surface area contributed by atoms with Gasteiger partial charge in [-0.15, -0.1) is 0 Å². The van der Waals surface area contributed by atoms with E-state index >= 15 is 0 Å². The van der Waals surface area contributed by atoms with E-state index < -0.39 is 0 Å². The Hall–Kier alpha value is -1.87. The largest absolute Gasteiger partial charge is 0.363 e. The molecule has 1 aromatic carbocycles. The molecule has 2 rings (SSSR count). The number of aromatic nitrogens is 1. The monoisotopic (exact) mass is 269 g/mol. The Bertz CT molecular complexity index is 548. The Morgan fingerprint density at radius 3 is 2.45 bits per heavy atom. The fourth-order valence-corrected chi connectivity index (χ4v) is 2.56. The molecule has 0 saturated heterocycles. The number of para-hydroxylation sites is 1. The summed E-state index contributed by atoms with van der Waals surface area (Å²) >= 11 is 0. The van der Waals surface area contributed by atoms with Crippen LogP contribution in [-0.4, -0.2) is 18.1 Å². The van der Waals surface area contributed by atoms with Crippen molar-refractivity contribution >= 4 is 5.69 Å². The fourth-order valence-electron chi connectivity index (χ4n) is 2.56. The van der Waals surface area contributed by atoms with Gasteiger partial charge >= 0.3 is 0 Å². The van der Waals surface area contributed by atoms with Gasteiger partial charge in [0.2, 0.25) is 0 Å². The van der Waals surface area contributed by atoms with Gasteiger partial charge in [0.25, 0.3) is 0 Å². The lowest BCUT2D eigenvalue weighted by molar-refractivity contribution is 0.639. The SMILES string of the molecule is CCN(c1ccccc1C)C(CN)c1ccc(C)nc1. The molecule has 2 aromatic rings. The summed E-state index contributed by atoms with van der Waals surface area (Å²) in [5.41, 5.74) is 10.8. The minimum absolute atomic E-state index is 0.161. The van der Waals surface area contributed by atoms with Crippen molar-refractivity contribution in [2.75, 3.05) is 18.0 Å². The van der Waals surface area contributed by atoms with Crippen LogP contribution in [-0.2, 0) is 0 Å². The second kappa shape index (κ2) is 6.53. The van der Waals surface area contributed by atoms with Gasteiger partial charge in [0.05, 0.1) is 6.04 Å². The van der Waals surface area contributed by atoms with Crippen molar-refractivity contribution in [3.05, 3.63) is 59.4 Å². The molecule has 0 bridgehead atoms. The first kappa shape index (κ1) is 14.5. The highest BCUT2D eigenvalue weighted by Gasteiger charge is 2.19. The number of anilines is 1. The summed E-state index contributed by atoms with van der Waals surface area (Å²) in [5, 5.41) is 0. The average Bonchev–Trinajstić information content (AvgIpc) is 2.47. The molecule has 1 unspecified atom stereocenters. The van der Waals surface area contributed by atoms with E-state index in [1.54, 1.807) is 0 Å². The number of hydrogen-bond acceptors (Lipinski definition) is 3. The molecule has 0 aliphatic rings. The van der Waals surface area contributed by atoms with Gasteiger partial charge in [0, 0.05) is 30.7 Å². The maximum atomic E-state index is 6.04. The zero-order valence-corrected chi connectivity index (χ0v) is 12.5. The van der Waals surface area contributed by atoms with Gasteiger partial charge in [0.1, 0.15) is 0 Å². The van der Waals surface area contributed by atoms with Crippen LogP contribution in [0.25, 0.3) is 0 Å². The molecule has 106 valence electrons. The van der Waals surface area contributed by atoms with Crippen molar-refractivity contribution in [2.45, 2.75) is 26.8 Å². The van der Waals surface area contributed by atoms with Crippen LogP contribution in [0.3, 0.4) is 0 Å². The smallest absolute Gasteiger partial charge is 0.0679 e. The summed E-state index contributed by atoms with van der Waals surface area (Å²) in [5.74, 6) is 0. The molecule has 0 fully saturated rings. The van der Waals surface area contributed by atoms with Crippen molar-refractivity contribution in [3.63, 3.8) is 0 Å². The van der Waals surface area contributed by atoms with E-state index in [4.69, 9.17) is 5.73 Å². The van der Waals surface area contributed by atoms with Gasteiger partial charge in [-0.1, -0.05) is 24.3 Å². The normalized spacial score (nSPS) is 12.2. The van der Waals surface area contributed by atoms with Crippen LogP contribution in [0.15, 0.2) is 42.6 Å². The second-order valence-electron chi connectivity index (χ2n) is 5.06. The summed E-state index contributed by atoms with van der Waals surface area (Å²) in [6.45, 7) is 7.79. The lowest BCUT2D eigenvalue weighted by Gasteiger charge is -2.33. The van der Waals surface area contributed by atoms with Crippen LogP contribution >= 0.6 is 0 Å². The van der Waals surface area contributed by atoms with E-state index in [2.05, 4.69) is 54.1 Å². The molecule has 20 heavy (non-hydrogen) atoms. The van der Waals surface area contributed by atoms with Crippen molar-refractivity contribution in [3.8, 4) is 0 Å². The summed E-state index contributed by atoms with van der Waals surface area (Å²) in [4.78, 5) is 6.75. The molecule has 0 amide bonds. The number of nitrogens with zero attached hydrogens (tertiary/aromatic N) is 2. The Morgan fingerprint density at radius 1 is 1.15 bits per heavy atom. The third kappa shape index (κ3) is 2.99. The molecule has 0 radical (unpaired) electrons. The lowest BCUT2D eigenvalue weighted by Crippen LogP contribution is -2.34. The molecule has 3 heteroatoms. The summed E-state index contributed by atoms with van der Waals surface area (Å²) in [6, 6.07) is 12.8. The zero-order chi connectivity index (χ0) is 14.5. The Balaban J connectivity index is 2.38. The number of hydrogen-bond donors (Lipinski definition) is 1. The van der Waals surface area contributed by atoms with Crippen molar-refractivity contribution in [1.82, 2.24) is 4.98 Å². The van der Waals surface area contributed by atoms with E-state index in [0.717, 1.165) is 12.2 Å². The molecular weight excluding hydrogens is 246 g/mol. The topological polar surface area (TPSA) is 42.1 Å². The summed E-state index contributed by atoms with van der Waals surface area (Å²) < 4.78 is 0. The molecule has 0 aliphatic carbocycles. The van der Waals surface area contributed by atoms with Gasteiger partial charge < -0.3 is 10.6 Å². The molecular formula is C17H23N3. The standard InChI is InChI=1S/C17H23N3/c1-4-20(16-8-6-5-7-13(16)2)17(11-18)15-10-9-14(3)19-12-15/h5-10,12,17H,4,11,18H2,1-3H3. The van der Waals surface area contributed by atoms with Crippen LogP contribution < -0.4 is 10.6 Å². The van der Waals surface area contributed by atoms with Crippen LogP contribution in [0, 0.1) is 13.8 Å². The third-order valence-corrected chi connectivity index (χ3v) is 3.68.